The van der Waals surface area contributed by atoms with Crippen LogP contribution in [0.4, 0.5) is 14.6 Å². The summed E-state index contributed by atoms with van der Waals surface area (Å²) in [4.78, 5) is 45.8. The van der Waals surface area contributed by atoms with Crippen molar-refractivity contribution in [3.8, 4) is 41.2 Å². The van der Waals surface area contributed by atoms with E-state index < -0.39 is 23.3 Å². The van der Waals surface area contributed by atoms with Gasteiger partial charge in [0.25, 0.3) is 5.91 Å². The lowest BCUT2D eigenvalue weighted by molar-refractivity contribution is -0.147. The van der Waals surface area contributed by atoms with Gasteiger partial charge in [-0.25, -0.2) is 13.8 Å². The molecule has 282 valence electrons. The molecule has 1 N–H and O–H groups in total. The van der Waals surface area contributed by atoms with Gasteiger partial charge >= 0.3 is 6.01 Å². The van der Waals surface area contributed by atoms with Gasteiger partial charge in [0.15, 0.2) is 5.82 Å². The van der Waals surface area contributed by atoms with E-state index in [4.69, 9.17) is 20.9 Å². The van der Waals surface area contributed by atoms with E-state index in [0.29, 0.717) is 43.7 Å². The quantitative estimate of drug-likeness (QED) is 0.151. The predicted molar refractivity (Wildman–Crippen MR) is 199 cm³/mol. The monoisotopic (exact) mass is 738 g/mol. The zero-order chi connectivity index (χ0) is 38.1. The molecule has 2 aromatic carbocycles. The van der Waals surface area contributed by atoms with E-state index in [9.17, 15) is 14.7 Å². The number of aromatic nitrogens is 3. The number of ether oxygens (including phenoxy) is 2. The lowest BCUT2D eigenvalue weighted by Crippen LogP contribution is -2.61. The molecule has 13 heteroatoms. The number of methoxy groups -OCH3 is 1. The lowest BCUT2D eigenvalue weighted by atomic mass is 9.95. The molecule has 2 aliphatic carbocycles. The van der Waals surface area contributed by atoms with Crippen molar-refractivity contribution in [3.63, 3.8) is 0 Å². The Morgan fingerprint density at radius 1 is 1.02 bits per heavy atom. The number of terminal acetylenes is 1. The molecule has 4 aliphatic rings. The van der Waals surface area contributed by atoms with E-state index >= 15 is 8.78 Å². The van der Waals surface area contributed by atoms with E-state index in [2.05, 4.69) is 20.8 Å². The van der Waals surface area contributed by atoms with Crippen molar-refractivity contribution >= 4 is 39.2 Å². The van der Waals surface area contributed by atoms with Gasteiger partial charge in [-0.2, -0.15) is 9.97 Å². The van der Waals surface area contributed by atoms with Crippen LogP contribution in [0.2, 0.25) is 0 Å². The van der Waals surface area contributed by atoms with Crippen LogP contribution in [0.5, 0.6) is 17.6 Å². The van der Waals surface area contributed by atoms with Crippen LogP contribution in [0, 0.1) is 41.2 Å². The van der Waals surface area contributed by atoms with Crippen molar-refractivity contribution in [1.29, 1.82) is 0 Å². The van der Waals surface area contributed by atoms with Crippen LogP contribution in [-0.2, 0) is 9.59 Å². The van der Waals surface area contributed by atoms with Crippen LogP contribution >= 0.6 is 0 Å². The third-order valence-electron chi connectivity index (χ3n) is 11.9. The van der Waals surface area contributed by atoms with Crippen molar-refractivity contribution in [3.05, 3.63) is 41.5 Å². The number of hydrogen-bond acceptors (Lipinski definition) is 10. The Labute approximate surface area is 312 Å². The summed E-state index contributed by atoms with van der Waals surface area (Å²) in [6.07, 6.45) is 10.2. The number of ketones is 1. The number of carbonyl (C=O) groups is 2. The summed E-state index contributed by atoms with van der Waals surface area (Å²) in [7, 11) is 1.40. The SMILES string of the molecule is C#Cc1c(F)ccc2cc(O)cc(-c3nc(OC)c4c(N5CC(CC)N(C(=O)C(C)=O)C(CC)C5)nc(OCC5(CN6CC7CC7C6)CC5)nc4c3F)c12. The molecule has 2 aromatic heterocycles. The largest absolute Gasteiger partial charge is 0.508 e. The summed E-state index contributed by atoms with van der Waals surface area (Å²) in [6, 6.07) is 4.67. The Balaban J connectivity index is 1.27. The number of piperazine rings is 1. The van der Waals surface area contributed by atoms with Crippen molar-refractivity contribution < 1.29 is 33.0 Å². The fraction of sp³-hybridized carbons (Fsp3) is 0.488. The highest BCUT2D eigenvalue weighted by molar-refractivity contribution is 6.35. The maximum absolute atomic E-state index is 17.3. The number of fused-ring (bicyclic) bond motifs is 3. The number of nitrogens with zero attached hydrogens (tertiary/aromatic N) is 6. The molecular weight excluding hydrogens is 694 g/mol. The average Bonchev–Trinajstić information content (AvgIpc) is 4.08. The van der Waals surface area contributed by atoms with E-state index in [1.165, 1.54) is 44.7 Å². The Hall–Kier alpha value is -5.09. The highest BCUT2D eigenvalue weighted by atomic mass is 19.1. The number of hydrogen-bond donors (Lipinski definition) is 1. The zero-order valence-corrected chi connectivity index (χ0v) is 31.0. The Morgan fingerprint density at radius 2 is 1.72 bits per heavy atom. The molecule has 4 heterocycles. The first-order chi connectivity index (χ1) is 26.0. The number of piperidine rings is 1. The molecule has 0 bridgehead atoms. The fourth-order valence-electron chi connectivity index (χ4n) is 8.71. The molecule has 2 saturated heterocycles. The fourth-order valence-corrected chi connectivity index (χ4v) is 8.71. The van der Waals surface area contributed by atoms with Crippen LogP contribution in [-0.4, -0.2) is 100 Å². The number of rotatable bonds is 11. The maximum atomic E-state index is 17.3. The molecule has 0 spiro atoms. The Kier molecular flexibility index (Phi) is 9.07. The van der Waals surface area contributed by atoms with Gasteiger partial charge in [0, 0.05) is 68.1 Å². The smallest absolute Gasteiger partial charge is 0.319 e. The van der Waals surface area contributed by atoms with Gasteiger partial charge < -0.3 is 29.3 Å². The van der Waals surface area contributed by atoms with E-state index in [1.807, 2.05) is 18.7 Å². The number of pyridine rings is 1. The number of amides is 1. The summed E-state index contributed by atoms with van der Waals surface area (Å²) < 4.78 is 44.6. The second kappa shape index (κ2) is 13.6. The number of phenolic OH excluding ortho intramolecular Hbond substituents is 1. The summed E-state index contributed by atoms with van der Waals surface area (Å²) in [6.45, 7) is 9.31. The molecule has 4 fully saturated rings. The second-order valence-electron chi connectivity index (χ2n) is 15.5. The Morgan fingerprint density at radius 3 is 2.33 bits per heavy atom. The molecule has 0 radical (unpaired) electrons. The predicted octanol–water partition coefficient (Wildman–Crippen LogP) is 5.72. The molecule has 11 nitrogen and oxygen atoms in total. The van der Waals surface area contributed by atoms with E-state index in [-0.39, 0.29) is 68.2 Å². The van der Waals surface area contributed by atoms with E-state index in [0.717, 1.165) is 44.3 Å². The minimum atomic E-state index is -0.861. The molecule has 2 aliphatic heterocycles. The minimum Gasteiger partial charge on any atom is -0.508 e. The number of Topliss-reactive ketones (excluding diaryl/α,β-unsaturated/α-hetero) is 1. The summed E-state index contributed by atoms with van der Waals surface area (Å²) in [5.41, 5.74) is -0.468. The number of likely N-dealkylation sites (tertiary alicyclic amines) is 1. The molecule has 4 atom stereocenters. The Bertz CT molecular complexity index is 2210. The van der Waals surface area contributed by atoms with Gasteiger partial charge in [-0.3, -0.25) is 9.59 Å². The lowest BCUT2D eigenvalue weighted by Gasteiger charge is -2.46. The molecule has 8 rings (SSSR count). The molecule has 4 unspecified atom stereocenters. The normalized spacial score (nSPS) is 23.0. The van der Waals surface area contributed by atoms with Gasteiger partial charge in [-0.1, -0.05) is 25.8 Å². The number of halogens is 2. The van der Waals surface area contributed by atoms with Crippen molar-refractivity contribution in [2.45, 2.75) is 65.0 Å². The van der Waals surface area contributed by atoms with Crippen molar-refractivity contribution in [2.24, 2.45) is 17.3 Å². The first kappa shape index (κ1) is 35.9. The first-order valence-electron chi connectivity index (χ1n) is 18.8. The third kappa shape index (κ3) is 6.24. The number of aromatic hydroxyl groups is 1. The summed E-state index contributed by atoms with van der Waals surface area (Å²) in [5.74, 6) is 1.52. The van der Waals surface area contributed by atoms with Gasteiger partial charge in [0.2, 0.25) is 11.7 Å². The zero-order valence-electron chi connectivity index (χ0n) is 31.0. The molecule has 4 aromatic rings. The van der Waals surface area contributed by atoms with Crippen molar-refractivity contribution in [1.82, 2.24) is 24.8 Å². The maximum Gasteiger partial charge on any atom is 0.319 e. The van der Waals surface area contributed by atoms with Gasteiger partial charge in [-0.15, -0.1) is 6.42 Å². The summed E-state index contributed by atoms with van der Waals surface area (Å²) >= 11 is 0. The van der Waals surface area contributed by atoms with Crippen molar-refractivity contribution in [2.75, 3.05) is 51.3 Å². The standard InChI is InChI=1S/C41H44F2N6O5/c1-6-26-18-48(19-27(7-2)49(26)39(52)22(4)50)37-33-36(45-40(46-37)54-21-41(11-12-41)20-47-16-24-13-25(24)17-47)34(43)35(44-38(33)53-5)30-15-28(51)14-23-9-10-31(42)29(8-3)32(23)30/h3,9-10,14-15,24-27,51H,6-7,11-13,16-21H2,1-2,4-5H3. The average molecular weight is 739 g/mol. The van der Waals surface area contributed by atoms with Crippen LogP contribution in [0.15, 0.2) is 24.3 Å². The van der Waals surface area contributed by atoms with Crippen LogP contribution < -0.4 is 14.4 Å². The number of benzene rings is 2. The number of carbonyl (C=O) groups excluding carboxylic acids is 2. The number of anilines is 1. The van der Waals surface area contributed by atoms with Gasteiger partial charge in [-0.05, 0) is 67.5 Å². The van der Waals surface area contributed by atoms with E-state index in [1.54, 1.807) is 4.90 Å². The van der Waals surface area contributed by atoms with Crippen LogP contribution in [0.3, 0.4) is 0 Å². The van der Waals surface area contributed by atoms with Crippen LogP contribution in [0.25, 0.3) is 32.9 Å². The second-order valence-corrected chi connectivity index (χ2v) is 15.5. The topological polar surface area (TPSA) is 121 Å². The number of phenols is 1. The minimum absolute atomic E-state index is 0.00676. The third-order valence-corrected chi connectivity index (χ3v) is 11.9. The molecule has 2 saturated carbocycles. The first-order valence-corrected chi connectivity index (χ1v) is 18.8. The van der Waals surface area contributed by atoms with Gasteiger partial charge in [0.1, 0.15) is 34.0 Å². The molecular formula is C41H44F2N6O5. The summed E-state index contributed by atoms with van der Waals surface area (Å²) in [5, 5.41) is 11.5. The highest BCUT2D eigenvalue weighted by Crippen LogP contribution is 2.51. The molecule has 1 amide bonds. The molecule has 54 heavy (non-hydrogen) atoms. The van der Waals surface area contributed by atoms with Gasteiger partial charge in [0.05, 0.1) is 19.3 Å². The highest BCUT2D eigenvalue weighted by Gasteiger charge is 2.51. The van der Waals surface area contributed by atoms with Crippen LogP contribution in [0.1, 0.15) is 58.4 Å².